The third kappa shape index (κ3) is 2.80. The van der Waals surface area contributed by atoms with E-state index in [2.05, 4.69) is 0 Å². The molecule has 2 saturated heterocycles. The maximum Gasteiger partial charge on any atom is 0.229 e. The average Bonchev–Trinajstić information content (AvgIpc) is 3.05. The second kappa shape index (κ2) is 6.42. The molecule has 2 aliphatic heterocycles. The van der Waals surface area contributed by atoms with Crippen molar-refractivity contribution in [3.8, 4) is 0 Å². The van der Waals surface area contributed by atoms with Crippen LogP contribution in [-0.4, -0.2) is 38.2 Å². The largest absolute Gasteiger partial charge is 0.466 e. The zero-order valence-electron chi connectivity index (χ0n) is 16.2. The Morgan fingerprint density at radius 1 is 1.19 bits per heavy atom. The summed E-state index contributed by atoms with van der Waals surface area (Å²) in [5, 5.41) is 0.125. The molecule has 5 nitrogen and oxygen atoms in total. The third-order valence-electron chi connectivity index (χ3n) is 6.59. The van der Waals surface area contributed by atoms with Crippen molar-refractivity contribution in [2.75, 3.05) is 0 Å². The number of rotatable bonds is 3. The Morgan fingerprint density at radius 3 is 2.54 bits per heavy atom. The van der Waals surface area contributed by atoms with Gasteiger partial charge in [0.25, 0.3) is 0 Å². The molecule has 1 unspecified atom stereocenters. The molecular weight excluding hydrogens is 352 g/mol. The van der Waals surface area contributed by atoms with Gasteiger partial charge in [0.15, 0.2) is 5.79 Å². The molecule has 146 valence electrons. The molecule has 0 amide bonds. The second-order valence-electron chi connectivity index (χ2n) is 8.76. The van der Waals surface area contributed by atoms with E-state index in [1.807, 2.05) is 26.8 Å². The third-order valence-corrected chi connectivity index (χ3v) is 9.21. The summed E-state index contributed by atoms with van der Waals surface area (Å²) in [5.74, 6) is 0.0207. The van der Waals surface area contributed by atoms with Gasteiger partial charge in [0.2, 0.25) is 6.29 Å². The first-order valence-electron chi connectivity index (χ1n) is 9.90. The number of Topliss-reactive ketones (excluding diaryl/α,β-unsaturated/α-hetero) is 1. The minimum Gasteiger partial charge on any atom is -0.466 e. The average molecular weight is 383 g/mol. The van der Waals surface area contributed by atoms with Crippen molar-refractivity contribution >= 4 is 16.6 Å². The van der Waals surface area contributed by atoms with Crippen molar-refractivity contribution in [1.82, 2.24) is 0 Å². The van der Waals surface area contributed by atoms with E-state index >= 15 is 0 Å². The van der Waals surface area contributed by atoms with Gasteiger partial charge in [-0.25, -0.2) is 0 Å². The highest BCUT2D eigenvalue weighted by Gasteiger charge is 2.61. The van der Waals surface area contributed by atoms with E-state index in [-0.39, 0.29) is 29.0 Å². The summed E-state index contributed by atoms with van der Waals surface area (Å²) in [6.07, 6.45) is 7.24. The van der Waals surface area contributed by atoms with E-state index in [4.69, 9.17) is 14.2 Å². The number of carbonyl (C=O) groups excluding carboxylic acids is 1. The molecule has 4 aliphatic rings. The molecule has 0 aromatic rings. The Morgan fingerprint density at radius 2 is 1.88 bits per heavy atom. The quantitative estimate of drug-likeness (QED) is 0.748. The molecule has 2 heterocycles. The van der Waals surface area contributed by atoms with Crippen molar-refractivity contribution in [3.05, 3.63) is 11.8 Å². The first-order chi connectivity index (χ1) is 12.2. The van der Waals surface area contributed by atoms with Crippen LogP contribution in [-0.2, 0) is 29.8 Å². The monoisotopic (exact) mass is 382 g/mol. The number of ether oxygens (including phenoxy) is 3. The molecule has 0 aromatic carbocycles. The fourth-order valence-corrected chi connectivity index (χ4v) is 7.64. The summed E-state index contributed by atoms with van der Waals surface area (Å²) in [6.45, 7) is 7.37. The lowest BCUT2D eigenvalue weighted by Crippen LogP contribution is -2.54. The van der Waals surface area contributed by atoms with Crippen LogP contribution in [0.2, 0.25) is 0 Å². The topological polar surface area (TPSA) is 61.8 Å². The van der Waals surface area contributed by atoms with Crippen LogP contribution in [0.1, 0.15) is 66.2 Å². The van der Waals surface area contributed by atoms with E-state index < -0.39 is 27.6 Å². The summed E-state index contributed by atoms with van der Waals surface area (Å²) < 4.78 is 30.8. The molecular formula is C20H30O5S. The number of carbonyl (C=O) groups is 1. The molecule has 6 heteroatoms. The van der Waals surface area contributed by atoms with Crippen LogP contribution in [0.4, 0.5) is 0 Å². The lowest BCUT2D eigenvalue weighted by molar-refractivity contribution is -0.187. The van der Waals surface area contributed by atoms with Crippen molar-refractivity contribution < 1.29 is 23.2 Å². The van der Waals surface area contributed by atoms with E-state index in [1.165, 1.54) is 6.42 Å². The van der Waals surface area contributed by atoms with Crippen molar-refractivity contribution in [1.29, 1.82) is 0 Å². The predicted octanol–water partition coefficient (Wildman–Crippen LogP) is 3.44. The number of allylic oxidation sites excluding steroid dienone is 1. The highest BCUT2D eigenvalue weighted by atomic mass is 32.2. The van der Waals surface area contributed by atoms with Gasteiger partial charge in [-0.3, -0.25) is 9.00 Å². The number of fused-ring (bicyclic) bond motifs is 3. The van der Waals surface area contributed by atoms with Crippen LogP contribution < -0.4 is 0 Å². The van der Waals surface area contributed by atoms with Crippen LogP contribution in [0.15, 0.2) is 11.8 Å². The molecule has 6 atom stereocenters. The molecule has 0 spiro atoms. The minimum absolute atomic E-state index is 0.0332. The number of ketones is 1. The molecule has 4 rings (SSSR count). The van der Waals surface area contributed by atoms with E-state index in [9.17, 15) is 9.00 Å². The summed E-state index contributed by atoms with van der Waals surface area (Å²) in [7, 11) is -1.19. The molecule has 0 bridgehead atoms. The molecule has 26 heavy (non-hydrogen) atoms. The molecule has 2 aliphatic carbocycles. The first kappa shape index (κ1) is 18.6. The van der Waals surface area contributed by atoms with Crippen LogP contribution in [0, 0.1) is 11.8 Å². The summed E-state index contributed by atoms with van der Waals surface area (Å²) in [5.41, 5.74) is 0. The summed E-state index contributed by atoms with van der Waals surface area (Å²) >= 11 is 0. The summed E-state index contributed by atoms with van der Waals surface area (Å²) in [6, 6.07) is 0. The Kier molecular flexibility index (Phi) is 4.60. The highest BCUT2D eigenvalue weighted by molar-refractivity contribution is 7.88. The minimum atomic E-state index is -1.19. The zero-order chi connectivity index (χ0) is 18.7. The molecule has 0 aromatic heterocycles. The van der Waals surface area contributed by atoms with Gasteiger partial charge in [-0.05, 0) is 46.1 Å². The van der Waals surface area contributed by atoms with Gasteiger partial charge in [-0.2, -0.15) is 0 Å². The predicted molar refractivity (Wildman–Crippen MR) is 98.7 cm³/mol. The first-order valence-corrected chi connectivity index (χ1v) is 11.1. The molecule has 3 fully saturated rings. The van der Waals surface area contributed by atoms with Crippen molar-refractivity contribution in [2.24, 2.45) is 11.8 Å². The Labute approximate surface area is 158 Å². The second-order valence-corrected chi connectivity index (χ2v) is 10.7. The van der Waals surface area contributed by atoms with Gasteiger partial charge in [0, 0.05) is 22.0 Å². The normalized spacial score (nSPS) is 43.2. The van der Waals surface area contributed by atoms with Crippen LogP contribution in [0.25, 0.3) is 0 Å². The van der Waals surface area contributed by atoms with Gasteiger partial charge in [-0.1, -0.05) is 26.2 Å². The highest BCUT2D eigenvalue weighted by Crippen LogP contribution is 2.52. The Balaban J connectivity index is 1.66. The fourth-order valence-electron chi connectivity index (χ4n) is 5.23. The standard InChI is InChI=1S/C20H30O5S/c1-12-10-16-15(17-18(23-16)25-19(3,4)24-17)11-20(12,13(2)21)26(22)14-8-6-5-7-9-14/h10,12,14-15,17-18H,5-9,11H2,1-4H3/t12-,15-,17+,18+,20-,26?/m0/s1. The van der Waals surface area contributed by atoms with Crippen LogP contribution >= 0.6 is 0 Å². The van der Waals surface area contributed by atoms with Gasteiger partial charge < -0.3 is 14.2 Å². The Bertz CT molecular complexity index is 651. The number of hydrogen-bond donors (Lipinski definition) is 0. The van der Waals surface area contributed by atoms with Crippen molar-refractivity contribution in [2.45, 2.75) is 94.4 Å². The number of hydrogen-bond acceptors (Lipinski definition) is 5. The van der Waals surface area contributed by atoms with Gasteiger partial charge in [-0.15, -0.1) is 0 Å². The fraction of sp³-hybridized carbons (Fsp3) is 0.850. The molecule has 0 N–H and O–H groups in total. The zero-order valence-corrected chi connectivity index (χ0v) is 17.0. The van der Waals surface area contributed by atoms with Gasteiger partial charge in [0.1, 0.15) is 22.4 Å². The lowest BCUT2D eigenvalue weighted by Gasteiger charge is -2.43. The smallest absolute Gasteiger partial charge is 0.229 e. The van der Waals surface area contributed by atoms with Crippen LogP contribution in [0.3, 0.4) is 0 Å². The lowest BCUT2D eigenvalue weighted by atomic mass is 9.75. The maximum absolute atomic E-state index is 13.7. The maximum atomic E-state index is 13.7. The Hall–Kier alpha value is -0.720. The van der Waals surface area contributed by atoms with E-state index in [1.54, 1.807) is 6.92 Å². The van der Waals surface area contributed by atoms with Gasteiger partial charge in [0.05, 0.1) is 5.92 Å². The van der Waals surface area contributed by atoms with E-state index in [0.717, 1.165) is 31.4 Å². The van der Waals surface area contributed by atoms with Gasteiger partial charge >= 0.3 is 0 Å². The summed E-state index contributed by atoms with van der Waals surface area (Å²) in [4.78, 5) is 12.9. The SMILES string of the molecule is CC(=O)[C@]1(S(=O)C2CCCCC2)C[C@H]2C(=C[C@@H]1C)O[C@@H]1OC(C)(C)O[C@@H]12. The molecule has 0 radical (unpaired) electrons. The van der Waals surface area contributed by atoms with Crippen molar-refractivity contribution in [3.63, 3.8) is 0 Å². The van der Waals surface area contributed by atoms with Crippen LogP contribution in [0.5, 0.6) is 0 Å². The van der Waals surface area contributed by atoms with E-state index in [0.29, 0.717) is 6.42 Å². The molecule has 1 saturated carbocycles.